The van der Waals surface area contributed by atoms with Crippen molar-refractivity contribution in [1.82, 2.24) is 0 Å². The summed E-state index contributed by atoms with van der Waals surface area (Å²) in [4.78, 5) is 0. The van der Waals surface area contributed by atoms with Gasteiger partial charge in [-0.3, -0.25) is 0 Å². The molecule has 0 unspecified atom stereocenters. The van der Waals surface area contributed by atoms with Gasteiger partial charge >= 0.3 is 36.4 Å². The van der Waals surface area contributed by atoms with Gasteiger partial charge in [0, 0.05) is 46.3 Å². The molecule has 6 atom stereocenters. The summed E-state index contributed by atoms with van der Waals surface area (Å²) in [5.74, 6) is 0.677. The van der Waals surface area contributed by atoms with Crippen LogP contribution >= 0.6 is 16.3 Å². The maximum absolute atomic E-state index is 11.2. The van der Waals surface area contributed by atoms with Gasteiger partial charge in [0.2, 0.25) is 6.29 Å². The molecular weight excluding hydrogens is 1210 g/mol. The second-order valence-electron chi connectivity index (χ2n) is 19.3. The van der Waals surface area contributed by atoms with Gasteiger partial charge in [-0.1, -0.05) is 142 Å². The van der Waals surface area contributed by atoms with Gasteiger partial charge in [0.25, 0.3) is 0 Å². The average molecular weight is 1270 g/mol. The number of hydrogen-bond donors (Lipinski definition) is 0. The summed E-state index contributed by atoms with van der Waals surface area (Å²) in [6.07, 6.45) is 10.1. The van der Waals surface area contributed by atoms with Crippen LogP contribution in [0.5, 0.6) is 5.75 Å². The van der Waals surface area contributed by atoms with E-state index in [1.165, 1.54) is 70.2 Å². The van der Waals surface area contributed by atoms with Gasteiger partial charge in [-0.05, 0) is 142 Å². The summed E-state index contributed by atoms with van der Waals surface area (Å²) < 4.78 is 102. The van der Waals surface area contributed by atoms with Crippen molar-refractivity contribution in [2.24, 2.45) is 0 Å². The van der Waals surface area contributed by atoms with E-state index in [2.05, 4.69) is 152 Å². The minimum atomic E-state index is -11.2. The molecule has 2 heterocycles. The maximum atomic E-state index is 9.93. The number of benzene rings is 6. The molecule has 0 bridgehead atoms. The second-order valence-corrected chi connectivity index (χ2v) is 28.5. The fourth-order valence-corrected chi connectivity index (χ4v) is 13.8. The number of para-hydroxylation sites is 1. The van der Waals surface area contributed by atoms with Crippen molar-refractivity contribution in [3.8, 4) is 5.75 Å². The van der Waals surface area contributed by atoms with Crippen LogP contribution in [0.2, 0.25) is 0 Å². The zero-order valence-electron chi connectivity index (χ0n) is 43.4. The van der Waals surface area contributed by atoms with E-state index in [-0.39, 0.29) is 19.5 Å². The minimum Gasteiger partial charge on any atom is 0 e. The Morgan fingerprint density at radius 2 is 0.787 bits per heavy atom. The first-order valence-electron chi connectivity index (χ1n) is 24.7. The van der Waals surface area contributed by atoms with E-state index in [0.29, 0.717) is 12.4 Å². The van der Waals surface area contributed by atoms with Crippen molar-refractivity contribution in [3.63, 3.8) is 0 Å². The summed E-state index contributed by atoms with van der Waals surface area (Å²) in [5, 5.41) is 4.48. The van der Waals surface area contributed by atoms with E-state index in [4.69, 9.17) is 28.0 Å². The van der Waals surface area contributed by atoms with Gasteiger partial charge in [-0.2, -0.15) is 0 Å². The molecule has 0 saturated carbocycles. The van der Waals surface area contributed by atoms with Gasteiger partial charge in [0.05, 0.1) is 22.9 Å². The Hall–Kier alpha value is -3.72. The van der Waals surface area contributed by atoms with Crippen LogP contribution in [-0.2, 0) is 42.7 Å². The molecule has 2 saturated heterocycles. The molecule has 9 rings (SSSR count). The fraction of sp³-hybridized carbons (Fsp3) is 0.322. The van der Waals surface area contributed by atoms with Crippen molar-refractivity contribution in [3.05, 3.63) is 208 Å². The topological polar surface area (TPSA) is 55.4 Å². The number of hydrogen-bond acceptors (Lipinski definition) is 6. The van der Waals surface area contributed by atoms with Crippen LogP contribution in [0, 0.1) is 55.4 Å². The summed E-state index contributed by atoms with van der Waals surface area (Å²) in [6, 6.07) is 46.8. The third kappa shape index (κ3) is 19.6. The molecular formula is C59H66F6O6P2RhSb-. The molecule has 6 aromatic carbocycles. The molecule has 0 amide bonds. The van der Waals surface area contributed by atoms with Crippen LogP contribution in [-0.4, -0.2) is 56.8 Å². The van der Waals surface area contributed by atoms with Gasteiger partial charge < -0.3 is 28.0 Å². The monoisotopic (exact) mass is 1270 g/mol. The van der Waals surface area contributed by atoms with Crippen molar-refractivity contribution in [1.29, 1.82) is 0 Å². The molecule has 0 spiro atoms. The van der Waals surface area contributed by atoms with E-state index in [1.807, 2.05) is 60.7 Å². The van der Waals surface area contributed by atoms with Crippen LogP contribution in [0.4, 0.5) is 16.9 Å². The van der Waals surface area contributed by atoms with Crippen LogP contribution in [0.25, 0.3) is 0 Å². The first-order valence-corrected chi connectivity index (χ1v) is 33.0. The van der Waals surface area contributed by atoms with E-state index in [9.17, 15) is 16.9 Å². The predicted molar refractivity (Wildman–Crippen MR) is 291 cm³/mol. The Labute approximate surface area is 456 Å². The molecule has 0 N–H and O–H groups in total. The van der Waals surface area contributed by atoms with Crippen LogP contribution in [0.3, 0.4) is 0 Å². The molecule has 3 aliphatic rings. The Kier molecular flexibility index (Phi) is 20.8. The van der Waals surface area contributed by atoms with Crippen molar-refractivity contribution in [2.75, 3.05) is 6.61 Å². The fourth-order valence-electron chi connectivity index (χ4n) is 9.20. The van der Waals surface area contributed by atoms with Crippen molar-refractivity contribution < 1.29 is 64.4 Å². The predicted octanol–water partition coefficient (Wildman–Crippen LogP) is 15.0. The summed E-state index contributed by atoms with van der Waals surface area (Å²) >= 11 is -11.2. The molecule has 2 aliphatic heterocycles. The summed E-state index contributed by atoms with van der Waals surface area (Å²) in [6.45, 7) is 17.5. The second kappa shape index (κ2) is 25.8. The molecule has 2 fully saturated rings. The van der Waals surface area contributed by atoms with Crippen LogP contribution in [0.1, 0.15) is 82.0 Å². The average Bonchev–Trinajstić information content (AvgIpc) is 3.28. The molecule has 75 heavy (non-hydrogen) atoms. The normalized spacial score (nSPS) is 22.2. The number of allylic oxidation sites excluding steroid dienone is 4. The third-order valence-electron chi connectivity index (χ3n) is 11.9. The minimum absolute atomic E-state index is 0. The van der Waals surface area contributed by atoms with E-state index >= 15 is 0 Å². The summed E-state index contributed by atoms with van der Waals surface area (Å²) in [7, 11) is -2.82. The molecule has 1 radical (unpaired) electrons. The number of ether oxygens (including phenoxy) is 4. The van der Waals surface area contributed by atoms with Crippen molar-refractivity contribution >= 4 is 57.0 Å². The molecule has 0 aromatic heterocycles. The largest absolute Gasteiger partial charge is 0 e. The number of fused-ring (bicyclic) bond motifs is 1. The van der Waals surface area contributed by atoms with Crippen LogP contribution < -0.4 is 26.0 Å². The summed E-state index contributed by atoms with van der Waals surface area (Å²) in [5.41, 5.74) is 10.4. The third-order valence-corrected chi connectivity index (χ3v) is 15.7. The van der Waals surface area contributed by atoms with E-state index in [0.717, 1.165) is 26.8 Å². The van der Waals surface area contributed by atoms with Gasteiger partial charge in [-0.15, -0.1) is 0 Å². The Balaban J connectivity index is 0.000000495. The zero-order valence-corrected chi connectivity index (χ0v) is 49.4. The van der Waals surface area contributed by atoms with E-state index < -0.39 is 72.8 Å². The first-order chi connectivity index (χ1) is 34.9. The molecule has 6 nitrogen and oxygen atoms in total. The first kappa shape index (κ1) is 60.5. The van der Waals surface area contributed by atoms with E-state index in [1.54, 1.807) is 0 Å². The molecule has 16 heteroatoms. The maximum Gasteiger partial charge on any atom is 0 e. The smallest absolute Gasteiger partial charge is 0 e. The molecule has 405 valence electrons. The van der Waals surface area contributed by atoms with Gasteiger partial charge in [0.1, 0.15) is 24.1 Å². The Bertz CT molecular complexity index is 2680. The molecule has 1 aliphatic carbocycles. The quantitative estimate of drug-likeness (QED) is 0.0558. The zero-order chi connectivity index (χ0) is 53.3. The number of rotatable bonds is 11. The Morgan fingerprint density at radius 1 is 0.453 bits per heavy atom. The standard InChI is InChI=1S/C51H54O6P2.C8H12.6FH.Rh.Sb/c1-32-19-33(2)24-42(23-32)58(43-25-34(3)20-35(4)26-43)56-48-47-46(31-52-50(55-47)40-15-11-9-12-16-40)54-51(53-41-17-13-10-14-18-41)49(48)57-59(44-27-36(5)21-37(6)28-44)45-29-38(7)22-39(8)30-45;1-2-4-6-8-7-5-3-1;;;;;;;;/h9-30,46-51H,31H2,1-8H3;1-2,7-8H,3-6H2;6*1H;;/q;;;;;;;;;+5/p-6/b;2-1-,8-7-;;;;;;;;/t46-,47-,48+,49-,50-,51-;;;;;;;;;/m1........./s1. The number of aryl methyl sites for hydroxylation is 8. The number of halogens is 6. The van der Waals surface area contributed by atoms with Gasteiger partial charge in [0.15, 0.2) is 12.4 Å². The SMILES string of the molecule is C1=C\CC/C=C\CC/1.Cc1cc(C)cc(P(O[C@@H]2[C@@H](OP(c3cc(C)cc(C)c3)c3cc(C)cc(C)c3)[C@H](Oc3ccccc3)O[C@@H]3CO[C@@H](c4ccccc4)O[C@@H]23)c2cc(C)cc(C)c2)c1.[F][Sb-]([F])([F])([F])([F])[F].[Rh]. The van der Waals surface area contributed by atoms with Gasteiger partial charge in [-0.25, -0.2) is 0 Å². The van der Waals surface area contributed by atoms with Crippen LogP contribution in [0.15, 0.2) is 158 Å². The molecule has 6 aromatic rings. The Morgan fingerprint density at radius 3 is 1.15 bits per heavy atom. The van der Waals surface area contributed by atoms with Crippen molar-refractivity contribution in [2.45, 2.75) is 118 Å².